The van der Waals surface area contributed by atoms with E-state index < -0.39 is 21.7 Å². The van der Waals surface area contributed by atoms with Gasteiger partial charge in [-0.1, -0.05) is 23.0 Å². The lowest BCUT2D eigenvalue weighted by atomic mass is 10.2. The Morgan fingerprint density at radius 1 is 1.07 bits per heavy atom. The van der Waals surface area contributed by atoms with E-state index in [-0.39, 0.29) is 22.0 Å². The van der Waals surface area contributed by atoms with Crippen LogP contribution in [0.3, 0.4) is 0 Å². The molecule has 1 aromatic heterocycles. The fourth-order valence-corrected chi connectivity index (χ4v) is 4.37. The van der Waals surface area contributed by atoms with Crippen LogP contribution in [0, 0.1) is 13.8 Å². The van der Waals surface area contributed by atoms with Crippen LogP contribution in [0.2, 0.25) is 0 Å². The average molecular weight is 453 g/mol. The number of nitrogens with zero attached hydrogens (tertiary/aromatic N) is 1. The van der Waals surface area contributed by atoms with Gasteiger partial charge in [0.1, 0.15) is 0 Å². The molecule has 30 heavy (non-hydrogen) atoms. The van der Waals surface area contributed by atoms with Gasteiger partial charge in [-0.3, -0.25) is 9.52 Å². The number of hydrogen-bond donors (Lipinski definition) is 2. The maximum Gasteiger partial charge on any atom is 0.294 e. The van der Waals surface area contributed by atoms with Gasteiger partial charge in [0.25, 0.3) is 21.7 Å². The van der Waals surface area contributed by atoms with Gasteiger partial charge in [0, 0.05) is 22.3 Å². The fraction of sp³-hybridized carbons (Fsp3) is 0.158. The van der Waals surface area contributed by atoms with Crippen LogP contribution in [0.1, 0.15) is 21.8 Å². The Labute approximate surface area is 175 Å². The number of halogens is 2. The molecule has 1 amide bonds. The minimum Gasteiger partial charge on any atom is -0.351 e. The molecule has 0 unspecified atom stereocenters. The van der Waals surface area contributed by atoms with E-state index in [1.54, 1.807) is 26.0 Å². The van der Waals surface area contributed by atoms with Crippen molar-refractivity contribution in [3.63, 3.8) is 0 Å². The number of carbonyl (C=O) groups excluding carboxylic acids is 1. The summed E-state index contributed by atoms with van der Waals surface area (Å²) >= 11 is 0.368. The first-order valence-corrected chi connectivity index (χ1v) is 10.9. The molecule has 1 heterocycles. The van der Waals surface area contributed by atoms with E-state index >= 15 is 0 Å². The first-order valence-electron chi connectivity index (χ1n) is 8.57. The van der Waals surface area contributed by atoms with E-state index in [0.717, 1.165) is 0 Å². The van der Waals surface area contributed by atoms with E-state index in [4.69, 9.17) is 4.52 Å². The third-order valence-corrected chi connectivity index (χ3v) is 6.16. The van der Waals surface area contributed by atoms with Gasteiger partial charge in [0.15, 0.2) is 0 Å². The first-order chi connectivity index (χ1) is 14.1. The Morgan fingerprint density at radius 3 is 2.33 bits per heavy atom. The molecule has 0 saturated heterocycles. The molecule has 0 aliphatic rings. The lowest BCUT2D eigenvalue weighted by Crippen LogP contribution is -2.16. The molecular formula is C19H17F2N3O4S2. The van der Waals surface area contributed by atoms with Crippen molar-refractivity contribution in [3.05, 3.63) is 65.5 Å². The molecule has 2 aromatic carbocycles. The Bertz CT molecular complexity index is 1160. The van der Waals surface area contributed by atoms with Gasteiger partial charge < -0.3 is 9.84 Å². The minimum absolute atomic E-state index is 0.00244. The normalized spacial score (nSPS) is 11.5. The van der Waals surface area contributed by atoms with E-state index in [1.165, 1.54) is 36.4 Å². The van der Waals surface area contributed by atoms with Gasteiger partial charge in [-0.25, -0.2) is 8.42 Å². The maximum atomic E-state index is 12.8. The Morgan fingerprint density at radius 2 is 1.73 bits per heavy atom. The van der Waals surface area contributed by atoms with Gasteiger partial charge in [-0.15, -0.1) is 0 Å². The summed E-state index contributed by atoms with van der Waals surface area (Å²) in [6.45, 7) is 3.28. The second-order valence-electron chi connectivity index (χ2n) is 6.28. The molecule has 0 radical (unpaired) electrons. The highest BCUT2D eigenvalue weighted by Crippen LogP contribution is 2.28. The monoisotopic (exact) mass is 453 g/mol. The molecular weight excluding hydrogens is 436 g/mol. The van der Waals surface area contributed by atoms with E-state index in [1.807, 2.05) is 0 Å². The zero-order valence-corrected chi connectivity index (χ0v) is 17.5. The summed E-state index contributed by atoms with van der Waals surface area (Å²) in [6.07, 6.45) is 0. The minimum atomic E-state index is -3.99. The number of sulfonamides is 1. The van der Waals surface area contributed by atoms with Crippen molar-refractivity contribution in [3.8, 4) is 0 Å². The summed E-state index contributed by atoms with van der Waals surface area (Å²) in [4.78, 5) is 12.5. The second-order valence-corrected chi connectivity index (χ2v) is 8.99. The maximum absolute atomic E-state index is 12.8. The molecule has 158 valence electrons. The van der Waals surface area contributed by atoms with Crippen LogP contribution >= 0.6 is 11.8 Å². The standard InChI is InChI=1S/C19H17F2N3O4S2/c1-11-3-4-14(22-18(25)16-9-12(2)23-28-16)10-17(11)30(26,27)24-13-5-7-15(8-6-13)29-19(20)21/h3-10,19,24H,1-2H3,(H,22,25). The molecule has 3 rings (SSSR count). The number of alkyl halides is 2. The number of hydrogen-bond acceptors (Lipinski definition) is 6. The molecule has 0 spiro atoms. The third kappa shape index (κ3) is 5.36. The summed E-state index contributed by atoms with van der Waals surface area (Å²) in [5.74, 6) is -3.13. The molecule has 0 saturated carbocycles. The summed E-state index contributed by atoms with van der Waals surface area (Å²) in [7, 11) is -3.99. The van der Waals surface area contributed by atoms with Crippen molar-refractivity contribution in [2.45, 2.75) is 29.4 Å². The van der Waals surface area contributed by atoms with E-state index in [0.29, 0.717) is 27.9 Å². The van der Waals surface area contributed by atoms with Crippen LogP contribution in [-0.4, -0.2) is 25.2 Å². The Balaban J connectivity index is 1.79. The largest absolute Gasteiger partial charge is 0.351 e. The Kier molecular flexibility index (Phi) is 6.42. The number of amides is 1. The van der Waals surface area contributed by atoms with Crippen molar-refractivity contribution in [2.24, 2.45) is 0 Å². The van der Waals surface area contributed by atoms with Crippen molar-refractivity contribution in [1.29, 1.82) is 0 Å². The molecule has 0 atom stereocenters. The fourth-order valence-electron chi connectivity index (χ4n) is 2.55. The SMILES string of the molecule is Cc1cc(C(=O)Nc2ccc(C)c(S(=O)(=O)Nc3ccc(SC(F)F)cc3)c2)on1. The van der Waals surface area contributed by atoms with Gasteiger partial charge in [0.05, 0.1) is 10.6 Å². The van der Waals surface area contributed by atoms with Gasteiger partial charge >= 0.3 is 0 Å². The number of nitrogens with one attached hydrogen (secondary N) is 2. The van der Waals surface area contributed by atoms with Crippen LogP contribution < -0.4 is 10.0 Å². The zero-order valence-electron chi connectivity index (χ0n) is 15.8. The lowest BCUT2D eigenvalue weighted by molar-refractivity contribution is 0.0988. The van der Waals surface area contributed by atoms with Crippen molar-refractivity contribution in [2.75, 3.05) is 10.0 Å². The molecule has 3 aromatic rings. The predicted octanol–water partition coefficient (Wildman–Crippen LogP) is 4.66. The molecule has 7 nitrogen and oxygen atoms in total. The molecule has 2 N–H and O–H groups in total. The van der Waals surface area contributed by atoms with E-state index in [9.17, 15) is 22.0 Å². The number of benzene rings is 2. The smallest absolute Gasteiger partial charge is 0.294 e. The molecule has 0 aliphatic carbocycles. The summed E-state index contributed by atoms with van der Waals surface area (Å²) in [5, 5.41) is 6.20. The van der Waals surface area contributed by atoms with Crippen LogP contribution in [-0.2, 0) is 10.0 Å². The predicted molar refractivity (Wildman–Crippen MR) is 109 cm³/mol. The summed E-state index contributed by atoms with van der Waals surface area (Å²) in [5.41, 5.74) is 1.47. The summed E-state index contributed by atoms with van der Waals surface area (Å²) in [6, 6.07) is 11.5. The number of rotatable bonds is 7. The van der Waals surface area contributed by atoms with Gasteiger partial charge in [-0.05, 0) is 55.8 Å². The third-order valence-electron chi connectivity index (χ3n) is 3.92. The van der Waals surface area contributed by atoms with Crippen LogP contribution in [0.25, 0.3) is 0 Å². The van der Waals surface area contributed by atoms with E-state index in [2.05, 4.69) is 15.2 Å². The average Bonchev–Trinajstić information content (AvgIpc) is 3.11. The lowest BCUT2D eigenvalue weighted by Gasteiger charge is -2.13. The van der Waals surface area contributed by atoms with Crippen LogP contribution in [0.4, 0.5) is 20.2 Å². The molecule has 0 bridgehead atoms. The van der Waals surface area contributed by atoms with Crippen LogP contribution in [0.5, 0.6) is 0 Å². The number of aromatic nitrogens is 1. The van der Waals surface area contributed by atoms with Gasteiger partial charge in [-0.2, -0.15) is 8.78 Å². The molecule has 11 heteroatoms. The van der Waals surface area contributed by atoms with Gasteiger partial charge in [0.2, 0.25) is 5.76 Å². The second kappa shape index (κ2) is 8.84. The summed E-state index contributed by atoms with van der Waals surface area (Å²) < 4.78 is 57.8. The highest BCUT2D eigenvalue weighted by molar-refractivity contribution is 7.99. The number of anilines is 2. The van der Waals surface area contributed by atoms with Crippen molar-refractivity contribution < 1.29 is 26.5 Å². The first kappa shape index (κ1) is 21.8. The number of thioether (sulfide) groups is 1. The highest BCUT2D eigenvalue weighted by Gasteiger charge is 2.19. The molecule has 0 fully saturated rings. The number of aryl methyl sites for hydroxylation is 2. The zero-order chi connectivity index (χ0) is 21.9. The Hall–Kier alpha value is -2.92. The highest BCUT2D eigenvalue weighted by atomic mass is 32.2. The van der Waals surface area contributed by atoms with Crippen molar-refractivity contribution >= 4 is 39.1 Å². The topological polar surface area (TPSA) is 101 Å². The molecule has 0 aliphatic heterocycles. The van der Waals surface area contributed by atoms with Crippen LogP contribution in [0.15, 0.2) is 62.8 Å². The van der Waals surface area contributed by atoms with Crippen molar-refractivity contribution in [1.82, 2.24) is 5.16 Å². The number of carbonyl (C=O) groups is 1. The quantitative estimate of drug-likeness (QED) is 0.505.